The monoisotopic (exact) mass is 601 g/mol. The standard InChI is InChI=1S/C38H51NO5/c1-22(2)25-14-19-38(39-31(40)33(43)44)21-20-36(6)27(30(25)38)12-13-29-35(5)17-15-26(23-8-10-24(11-9-23)32(41)42)34(3,4)28(35)16-18-37(29,36)7/h8-11,15,25,27-30H,1,12-14,16-21H2,2-7H3,(H,39,40)(H,41,42)(H,43,44). The SMILES string of the molecule is C=C(C)C1CCC2(NC(=O)C(=O)O)CCC3(C)C(CCC4C5(C)CC=C(c6ccc(C(=O)O)cc6)C(C)(C)C5CCC43C)C12. The molecule has 44 heavy (non-hydrogen) atoms. The number of hydrogen-bond acceptors (Lipinski definition) is 3. The summed E-state index contributed by atoms with van der Waals surface area (Å²) < 4.78 is 0. The quantitative estimate of drug-likeness (QED) is 0.240. The van der Waals surface area contributed by atoms with Gasteiger partial charge in [0, 0.05) is 5.54 Å². The summed E-state index contributed by atoms with van der Waals surface area (Å²) in [5, 5.41) is 22.0. The van der Waals surface area contributed by atoms with Crippen molar-refractivity contribution >= 4 is 23.4 Å². The van der Waals surface area contributed by atoms with Gasteiger partial charge >= 0.3 is 17.8 Å². The summed E-state index contributed by atoms with van der Waals surface area (Å²) in [4.78, 5) is 35.8. The highest BCUT2D eigenvalue weighted by Gasteiger charge is 2.70. The van der Waals surface area contributed by atoms with Gasteiger partial charge in [0.2, 0.25) is 0 Å². The molecule has 3 N–H and O–H groups in total. The van der Waals surface area contributed by atoms with E-state index in [0.717, 1.165) is 62.5 Å². The first kappa shape index (κ1) is 31.1. The number of hydrogen-bond donors (Lipinski definition) is 3. The van der Waals surface area contributed by atoms with Crippen molar-refractivity contribution in [3.63, 3.8) is 0 Å². The van der Waals surface area contributed by atoms with Crippen molar-refractivity contribution in [1.82, 2.24) is 5.32 Å². The molecule has 0 spiro atoms. The van der Waals surface area contributed by atoms with Gasteiger partial charge in [-0.05, 0) is 139 Å². The Morgan fingerprint density at radius 3 is 2.14 bits per heavy atom. The number of nitrogens with one attached hydrogen (secondary N) is 1. The maximum atomic E-state index is 12.6. The number of allylic oxidation sites excluding steroid dienone is 3. The first-order chi connectivity index (χ1) is 20.5. The minimum atomic E-state index is -1.39. The van der Waals surface area contributed by atoms with Gasteiger partial charge in [0.25, 0.3) is 0 Å². The van der Waals surface area contributed by atoms with Crippen molar-refractivity contribution in [2.45, 2.75) is 105 Å². The van der Waals surface area contributed by atoms with E-state index < -0.39 is 23.4 Å². The molecule has 0 radical (unpaired) electrons. The number of aromatic carboxylic acids is 1. The van der Waals surface area contributed by atoms with Crippen LogP contribution in [0.15, 0.2) is 42.5 Å². The summed E-state index contributed by atoms with van der Waals surface area (Å²) in [5.41, 5.74) is 3.81. The van der Waals surface area contributed by atoms with Crippen molar-refractivity contribution in [2.24, 2.45) is 51.2 Å². The van der Waals surface area contributed by atoms with Crippen LogP contribution < -0.4 is 5.32 Å². The zero-order valence-electron chi connectivity index (χ0n) is 27.5. The van der Waals surface area contributed by atoms with Gasteiger partial charge in [-0.1, -0.05) is 65.0 Å². The molecule has 5 aliphatic rings. The highest BCUT2D eigenvalue weighted by molar-refractivity contribution is 6.31. The van der Waals surface area contributed by atoms with Crippen LogP contribution in [0.5, 0.6) is 0 Å². The number of carbonyl (C=O) groups is 3. The molecule has 9 unspecified atom stereocenters. The number of amides is 1. The molecule has 6 nitrogen and oxygen atoms in total. The maximum Gasteiger partial charge on any atom is 0.394 e. The fraction of sp³-hybridized carbons (Fsp3) is 0.658. The summed E-state index contributed by atoms with van der Waals surface area (Å²) in [6.07, 6.45) is 11.7. The number of benzene rings is 1. The van der Waals surface area contributed by atoms with Crippen LogP contribution in [-0.4, -0.2) is 33.6 Å². The predicted molar refractivity (Wildman–Crippen MR) is 172 cm³/mol. The average Bonchev–Trinajstić information content (AvgIpc) is 3.33. The molecule has 238 valence electrons. The largest absolute Gasteiger partial charge is 0.478 e. The zero-order chi connectivity index (χ0) is 32.0. The van der Waals surface area contributed by atoms with Gasteiger partial charge < -0.3 is 15.5 Å². The summed E-state index contributed by atoms with van der Waals surface area (Å²) >= 11 is 0. The molecule has 1 aromatic carbocycles. The second-order valence-corrected chi connectivity index (χ2v) is 16.5. The van der Waals surface area contributed by atoms with E-state index in [-0.39, 0.29) is 27.6 Å². The van der Waals surface area contributed by atoms with Crippen LogP contribution in [0.2, 0.25) is 0 Å². The molecule has 0 aromatic heterocycles. The number of carbonyl (C=O) groups excluding carboxylic acids is 1. The lowest BCUT2D eigenvalue weighted by Gasteiger charge is -2.72. The van der Waals surface area contributed by atoms with E-state index in [0.29, 0.717) is 29.2 Å². The van der Waals surface area contributed by atoms with Crippen molar-refractivity contribution in [1.29, 1.82) is 0 Å². The van der Waals surface area contributed by atoms with Crippen molar-refractivity contribution in [2.75, 3.05) is 0 Å². The van der Waals surface area contributed by atoms with E-state index in [1.165, 1.54) is 12.0 Å². The van der Waals surface area contributed by atoms with Gasteiger partial charge in [-0.15, -0.1) is 0 Å². The van der Waals surface area contributed by atoms with Crippen LogP contribution in [0.1, 0.15) is 115 Å². The smallest absolute Gasteiger partial charge is 0.394 e. The van der Waals surface area contributed by atoms with E-state index >= 15 is 0 Å². The first-order valence-electron chi connectivity index (χ1n) is 16.8. The van der Waals surface area contributed by atoms with E-state index in [1.807, 2.05) is 12.1 Å². The third-order valence-corrected chi connectivity index (χ3v) is 14.6. The Bertz CT molecular complexity index is 1440. The van der Waals surface area contributed by atoms with Gasteiger partial charge in [0.1, 0.15) is 0 Å². The van der Waals surface area contributed by atoms with Gasteiger partial charge in [0.15, 0.2) is 0 Å². The number of fused-ring (bicyclic) bond motifs is 7. The molecule has 1 amide bonds. The topological polar surface area (TPSA) is 104 Å². The molecule has 4 fully saturated rings. The summed E-state index contributed by atoms with van der Waals surface area (Å²) in [6.45, 7) is 19.0. The highest BCUT2D eigenvalue weighted by Crippen LogP contribution is 2.76. The predicted octanol–water partition coefficient (Wildman–Crippen LogP) is 7.99. The molecular weight excluding hydrogens is 550 g/mol. The lowest BCUT2D eigenvalue weighted by atomic mass is 9.33. The van der Waals surface area contributed by atoms with Gasteiger partial charge in [-0.25, -0.2) is 9.59 Å². The van der Waals surface area contributed by atoms with Gasteiger partial charge in [-0.2, -0.15) is 0 Å². The molecule has 6 heteroatoms. The van der Waals surface area contributed by atoms with Crippen molar-refractivity contribution < 1.29 is 24.6 Å². The fourth-order valence-electron chi connectivity index (χ4n) is 12.5. The Balaban J connectivity index is 1.36. The molecule has 9 atom stereocenters. The normalized spacial score (nSPS) is 42.0. The van der Waals surface area contributed by atoms with E-state index in [2.05, 4.69) is 59.5 Å². The van der Waals surface area contributed by atoms with E-state index in [9.17, 15) is 24.6 Å². The van der Waals surface area contributed by atoms with Crippen LogP contribution in [0.4, 0.5) is 0 Å². The molecule has 0 aliphatic heterocycles. The maximum absolute atomic E-state index is 12.6. The Hall–Kier alpha value is -2.89. The van der Waals surface area contributed by atoms with Crippen molar-refractivity contribution in [3.8, 4) is 0 Å². The molecule has 0 saturated heterocycles. The Morgan fingerprint density at radius 2 is 1.52 bits per heavy atom. The summed E-state index contributed by atoms with van der Waals surface area (Å²) in [6, 6.07) is 7.42. The lowest BCUT2D eigenvalue weighted by Crippen LogP contribution is -2.68. The number of carboxylic acid groups (broad SMARTS) is 2. The molecular formula is C38H51NO5. The molecule has 0 bridgehead atoms. The first-order valence-corrected chi connectivity index (χ1v) is 16.8. The van der Waals surface area contributed by atoms with Gasteiger partial charge in [-0.3, -0.25) is 4.79 Å². The Morgan fingerprint density at radius 1 is 0.841 bits per heavy atom. The Kier molecular flexibility index (Phi) is 7.11. The second-order valence-electron chi connectivity index (χ2n) is 16.5. The van der Waals surface area contributed by atoms with Gasteiger partial charge in [0.05, 0.1) is 5.56 Å². The fourth-order valence-corrected chi connectivity index (χ4v) is 12.5. The van der Waals surface area contributed by atoms with Crippen LogP contribution in [0, 0.1) is 51.2 Å². The Labute approximate surface area is 262 Å². The molecule has 1 aromatic rings. The number of carboxylic acids is 2. The molecule has 0 heterocycles. The third kappa shape index (κ3) is 4.14. The molecule has 6 rings (SSSR count). The number of rotatable bonds is 4. The minimum Gasteiger partial charge on any atom is -0.478 e. The third-order valence-electron chi connectivity index (χ3n) is 14.6. The zero-order valence-corrected chi connectivity index (χ0v) is 27.5. The lowest BCUT2D eigenvalue weighted by molar-refractivity contribution is -0.219. The molecule has 4 saturated carbocycles. The molecule has 5 aliphatic carbocycles. The van der Waals surface area contributed by atoms with Crippen LogP contribution in [-0.2, 0) is 9.59 Å². The highest BCUT2D eigenvalue weighted by atomic mass is 16.4. The number of aliphatic carboxylic acids is 1. The summed E-state index contributed by atoms with van der Waals surface area (Å²) in [7, 11) is 0. The minimum absolute atomic E-state index is 0.0455. The second kappa shape index (κ2) is 10.1. The van der Waals surface area contributed by atoms with E-state index in [4.69, 9.17) is 0 Å². The van der Waals surface area contributed by atoms with Crippen LogP contribution >= 0.6 is 0 Å². The van der Waals surface area contributed by atoms with Crippen LogP contribution in [0.3, 0.4) is 0 Å². The average molecular weight is 602 g/mol. The van der Waals surface area contributed by atoms with E-state index in [1.54, 1.807) is 12.1 Å². The van der Waals surface area contributed by atoms with Crippen molar-refractivity contribution in [3.05, 3.63) is 53.6 Å². The summed E-state index contributed by atoms with van der Waals surface area (Å²) in [5.74, 6) is -1.15. The van der Waals surface area contributed by atoms with Crippen LogP contribution in [0.25, 0.3) is 5.57 Å².